The number of amides is 1. The molecule has 2 rings (SSSR count). The van der Waals surface area contributed by atoms with E-state index in [2.05, 4.69) is 10.6 Å². The first-order valence-electron chi connectivity index (χ1n) is 7.61. The summed E-state index contributed by atoms with van der Waals surface area (Å²) in [4.78, 5) is 11.9. The van der Waals surface area contributed by atoms with Gasteiger partial charge in [-0.25, -0.2) is 0 Å². The maximum atomic E-state index is 11.9. The normalized spacial score (nSPS) is 15.3. The van der Waals surface area contributed by atoms with E-state index in [0.717, 1.165) is 18.4 Å². The molecular weight excluding hydrogens is 278 g/mol. The van der Waals surface area contributed by atoms with Crippen molar-refractivity contribution in [2.75, 3.05) is 6.54 Å². The number of rotatable bonds is 6. The second-order valence-corrected chi connectivity index (χ2v) is 5.49. The summed E-state index contributed by atoms with van der Waals surface area (Å²) in [6, 6.07) is 9.17. The predicted molar refractivity (Wildman–Crippen MR) is 83.9 cm³/mol. The Balaban J connectivity index is 1.77. The molecule has 5 heteroatoms. The van der Waals surface area contributed by atoms with Crippen LogP contribution in [0.25, 0.3) is 0 Å². The summed E-state index contributed by atoms with van der Waals surface area (Å²) in [5.74, 6) is -0.132. The zero-order valence-electron chi connectivity index (χ0n) is 12.5. The molecule has 0 unspecified atom stereocenters. The van der Waals surface area contributed by atoms with Crippen molar-refractivity contribution >= 4 is 5.91 Å². The molecule has 5 nitrogen and oxygen atoms in total. The molecule has 0 heterocycles. The highest BCUT2D eigenvalue weighted by atomic mass is 16.3. The van der Waals surface area contributed by atoms with Crippen LogP contribution in [0.15, 0.2) is 36.0 Å². The number of benzene rings is 1. The van der Waals surface area contributed by atoms with Crippen molar-refractivity contribution in [1.29, 1.82) is 5.26 Å². The Hall–Kier alpha value is -2.48. The van der Waals surface area contributed by atoms with Gasteiger partial charge in [-0.1, -0.05) is 25.0 Å². The van der Waals surface area contributed by atoms with Crippen LogP contribution in [0, 0.1) is 11.3 Å². The molecule has 0 radical (unpaired) electrons. The van der Waals surface area contributed by atoms with E-state index in [1.807, 2.05) is 18.2 Å². The summed E-state index contributed by atoms with van der Waals surface area (Å²) in [5.41, 5.74) is 1.13. The van der Waals surface area contributed by atoms with Gasteiger partial charge in [-0.05, 0) is 37.0 Å². The summed E-state index contributed by atoms with van der Waals surface area (Å²) in [6.45, 7) is 0.450. The lowest BCUT2D eigenvalue weighted by molar-refractivity contribution is -0.117. The number of hydrogen-bond acceptors (Lipinski definition) is 4. The molecule has 116 valence electrons. The quantitative estimate of drug-likeness (QED) is 0.554. The Labute approximate surface area is 130 Å². The Bertz CT molecular complexity index is 567. The van der Waals surface area contributed by atoms with Crippen molar-refractivity contribution in [3.8, 4) is 11.8 Å². The summed E-state index contributed by atoms with van der Waals surface area (Å²) in [5, 5.41) is 24.2. The van der Waals surface area contributed by atoms with Crippen LogP contribution in [0.3, 0.4) is 0 Å². The molecule has 0 aromatic heterocycles. The SMILES string of the molecule is N#C/C(=C/NC1CCCC1)C(=O)NCCc1ccc(O)cc1. The minimum atomic E-state index is -0.355. The van der Waals surface area contributed by atoms with Gasteiger partial charge < -0.3 is 15.7 Å². The molecule has 1 saturated carbocycles. The molecule has 3 N–H and O–H groups in total. The summed E-state index contributed by atoms with van der Waals surface area (Å²) in [7, 11) is 0. The van der Waals surface area contributed by atoms with Crippen LogP contribution in [0.1, 0.15) is 31.2 Å². The number of phenolic OH excluding ortho intramolecular Hbond substituents is 1. The topological polar surface area (TPSA) is 85.2 Å². The average Bonchev–Trinajstić information content (AvgIpc) is 3.03. The molecule has 1 amide bonds. The van der Waals surface area contributed by atoms with Gasteiger partial charge in [-0.15, -0.1) is 0 Å². The third kappa shape index (κ3) is 4.81. The van der Waals surface area contributed by atoms with Crippen molar-refractivity contribution in [3.63, 3.8) is 0 Å². The third-order valence-corrected chi connectivity index (χ3v) is 3.82. The zero-order valence-corrected chi connectivity index (χ0v) is 12.5. The summed E-state index contributed by atoms with van der Waals surface area (Å²) in [6.07, 6.45) is 6.78. The minimum absolute atomic E-state index is 0.109. The van der Waals surface area contributed by atoms with E-state index >= 15 is 0 Å². The number of aromatic hydroxyl groups is 1. The molecule has 0 aliphatic heterocycles. The second kappa shape index (κ2) is 8.08. The Kier molecular flexibility index (Phi) is 5.84. The monoisotopic (exact) mass is 299 g/mol. The lowest BCUT2D eigenvalue weighted by atomic mass is 10.1. The third-order valence-electron chi connectivity index (χ3n) is 3.82. The molecule has 1 aromatic rings. The van der Waals surface area contributed by atoms with Crippen LogP contribution in [0.5, 0.6) is 5.75 Å². The van der Waals surface area contributed by atoms with Crippen LogP contribution in [-0.4, -0.2) is 23.6 Å². The molecule has 1 aliphatic rings. The highest BCUT2D eigenvalue weighted by Crippen LogP contribution is 2.17. The molecular formula is C17H21N3O2. The van der Waals surface area contributed by atoms with E-state index in [4.69, 9.17) is 5.26 Å². The van der Waals surface area contributed by atoms with E-state index in [1.54, 1.807) is 12.1 Å². The number of carbonyl (C=O) groups is 1. The van der Waals surface area contributed by atoms with Gasteiger partial charge in [0.2, 0.25) is 0 Å². The molecule has 0 spiro atoms. The standard InChI is InChI=1S/C17H21N3O2/c18-11-14(12-20-15-3-1-2-4-15)17(22)19-10-9-13-5-7-16(21)8-6-13/h5-8,12,15,20-21H,1-4,9-10H2,(H,19,22)/b14-12-. The molecule has 0 atom stereocenters. The van der Waals surface area contributed by atoms with Gasteiger partial charge in [0, 0.05) is 18.8 Å². The molecule has 1 fully saturated rings. The van der Waals surface area contributed by atoms with Crippen LogP contribution >= 0.6 is 0 Å². The number of nitriles is 1. The molecule has 22 heavy (non-hydrogen) atoms. The van der Waals surface area contributed by atoms with E-state index in [0.29, 0.717) is 19.0 Å². The first-order valence-corrected chi connectivity index (χ1v) is 7.61. The van der Waals surface area contributed by atoms with Gasteiger partial charge in [0.15, 0.2) is 0 Å². The lowest BCUT2D eigenvalue weighted by Gasteiger charge is -2.09. The van der Waals surface area contributed by atoms with Crippen molar-refractivity contribution in [2.45, 2.75) is 38.1 Å². The first-order chi connectivity index (χ1) is 10.7. The van der Waals surface area contributed by atoms with Crippen molar-refractivity contribution in [2.24, 2.45) is 0 Å². The number of phenols is 1. The smallest absolute Gasteiger partial charge is 0.263 e. The van der Waals surface area contributed by atoms with Crippen LogP contribution in [0.2, 0.25) is 0 Å². The van der Waals surface area contributed by atoms with Crippen LogP contribution in [-0.2, 0) is 11.2 Å². The fourth-order valence-corrected chi connectivity index (χ4v) is 2.52. The summed E-state index contributed by atoms with van der Waals surface area (Å²) < 4.78 is 0. The number of carbonyl (C=O) groups excluding carboxylic acids is 1. The lowest BCUT2D eigenvalue weighted by Crippen LogP contribution is -2.29. The molecule has 0 bridgehead atoms. The second-order valence-electron chi connectivity index (χ2n) is 5.49. The maximum absolute atomic E-state index is 11.9. The Morgan fingerprint density at radius 1 is 1.32 bits per heavy atom. The molecule has 1 aromatic carbocycles. The van der Waals surface area contributed by atoms with Gasteiger partial charge in [-0.2, -0.15) is 5.26 Å². The van der Waals surface area contributed by atoms with Gasteiger partial charge in [0.25, 0.3) is 5.91 Å². The van der Waals surface area contributed by atoms with Crippen molar-refractivity contribution in [3.05, 3.63) is 41.6 Å². The Morgan fingerprint density at radius 3 is 2.64 bits per heavy atom. The largest absolute Gasteiger partial charge is 0.508 e. The van der Waals surface area contributed by atoms with E-state index in [9.17, 15) is 9.90 Å². The maximum Gasteiger partial charge on any atom is 0.263 e. The predicted octanol–water partition coefficient (Wildman–Crippen LogP) is 1.99. The fraction of sp³-hybridized carbons (Fsp3) is 0.412. The van der Waals surface area contributed by atoms with Gasteiger partial charge in [0.05, 0.1) is 0 Å². The van der Waals surface area contributed by atoms with Gasteiger partial charge in [0.1, 0.15) is 17.4 Å². The average molecular weight is 299 g/mol. The van der Waals surface area contributed by atoms with Crippen LogP contribution < -0.4 is 10.6 Å². The first kappa shape index (κ1) is 15.9. The van der Waals surface area contributed by atoms with E-state index in [1.165, 1.54) is 19.0 Å². The van der Waals surface area contributed by atoms with Gasteiger partial charge in [-0.3, -0.25) is 4.79 Å². The van der Waals surface area contributed by atoms with E-state index < -0.39 is 0 Å². The van der Waals surface area contributed by atoms with Crippen molar-refractivity contribution in [1.82, 2.24) is 10.6 Å². The zero-order chi connectivity index (χ0) is 15.8. The number of nitrogens with one attached hydrogen (secondary N) is 2. The molecule has 0 saturated heterocycles. The van der Waals surface area contributed by atoms with E-state index in [-0.39, 0.29) is 17.2 Å². The minimum Gasteiger partial charge on any atom is -0.508 e. The number of hydrogen-bond donors (Lipinski definition) is 3. The van der Waals surface area contributed by atoms with Gasteiger partial charge >= 0.3 is 0 Å². The Morgan fingerprint density at radius 2 is 2.00 bits per heavy atom. The van der Waals surface area contributed by atoms with Crippen molar-refractivity contribution < 1.29 is 9.90 Å². The van der Waals surface area contributed by atoms with Crippen LogP contribution in [0.4, 0.5) is 0 Å². The highest BCUT2D eigenvalue weighted by molar-refractivity contribution is 5.97. The fourth-order valence-electron chi connectivity index (χ4n) is 2.52. The highest BCUT2D eigenvalue weighted by Gasteiger charge is 2.14. The molecule has 1 aliphatic carbocycles. The number of nitrogens with zero attached hydrogens (tertiary/aromatic N) is 1. The summed E-state index contributed by atoms with van der Waals surface area (Å²) >= 11 is 0.